The first-order valence-electron chi connectivity index (χ1n) is 9.00. The highest BCUT2D eigenvalue weighted by atomic mass is 35.5. The van der Waals surface area contributed by atoms with Gasteiger partial charge in [-0.3, -0.25) is 4.79 Å². The van der Waals surface area contributed by atoms with Gasteiger partial charge in [0.15, 0.2) is 6.61 Å². The van der Waals surface area contributed by atoms with Gasteiger partial charge in [-0.05, 0) is 42.0 Å². The number of nitrogens with zero attached hydrogens (tertiary/aromatic N) is 3. The molecular weight excluding hydrogens is 394 g/mol. The van der Waals surface area contributed by atoms with E-state index >= 15 is 0 Å². The van der Waals surface area contributed by atoms with Gasteiger partial charge in [-0.15, -0.1) is 0 Å². The Morgan fingerprint density at radius 2 is 2.00 bits per heavy atom. The van der Waals surface area contributed by atoms with Gasteiger partial charge in [0.1, 0.15) is 17.5 Å². The number of carbonyl (C=O) groups is 2. The Balaban J connectivity index is 1.52. The number of rotatable bonds is 5. The fraction of sp³-hybridized carbons (Fsp3) is 0.190. The van der Waals surface area contributed by atoms with Crippen molar-refractivity contribution in [2.24, 2.45) is 12.1 Å². The van der Waals surface area contributed by atoms with Crippen molar-refractivity contribution in [2.45, 2.75) is 12.5 Å². The summed E-state index contributed by atoms with van der Waals surface area (Å²) in [6.45, 7) is -0.418. The number of aromatic nitrogens is 1. The molecule has 3 heterocycles. The molecule has 1 aliphatic rings. The van der Waals surface area contributed by atoms with E-state index in [4.69, 9.17) is 20.8 Å². The van der Waals surface area contributed by atoms with Gasteiger partial charge in [0.25, 0.3) is 5.91 Å². The monoisotopic (exact) mass is 411 g/mol. The summed E-state index contributed by atoms with van der Waals surface area (Å²) in [6, 6.07) is 13.8. The maximum absolute atomic E-state index is 12.8. The van der Waals surface area contributed by atoms with Crippen LogP contribution >= 0.6 is 11.6 Å². The average Bonchev–Trinajstić information content (AvgIpc) is 3.46. The zero-order valence-corrected chi connectivity index (χ0v) is 16.4. The van der Waals surface area contributed by atoms with Crippen LogP contribution in [0.5, 0.6) is 0 Å². The zero-order valence-electron chi connectivity index (χ0n) is 15.6. The van der Waals surface area contributed by atoms with Crippen molar-refractivity contribution < 1.29 is 18.7 Å². The lowest BCUT2D eigenvalue weighted by molar-refractivity contribution is -0.136. The molecule has 8 heteroatoms. The molecule has 0 aliphatic carbocycles. The van der Waals surface area contributed by atoms with Gasteiger partial charge in [-0.2, -0.15) is 5.10 Å². The van der Waals surface area contributed by atoms with Crippen molar-refractivity contribution in [1.82, 2.24) is 9.58 Å². The van der Waals surface area contributed by atoms with E-state index in [9.17, 15) is 9.59 Å². The van der Waals surface area contributed by atoms with Gasteiger partial charge in [-0.1, -0.05) is 23.7 Å². The third-order valence-electron chi connectivity index (χ3n) is 4.69. The molecule has 0 saturated heterocycles. The number of hydrogen-bond donors (Lipinski definition) is 0. The summed E-state index contributed by atoms with van der Waals surface area (Å²) >= 11 is 5.96. The minimum atomic E-state index is -0.568. The second-order valence-electron chi connectivity index (χ2n) is 6.61. The van der Waals surface area contributed by atoms with Crippen LogP contribution in [0, 0.1) is 0 Å². The van der Waals surface area contributed by atoms with Crippen molar-refractivity contribution in [1.29, 1.82) is 0 Å². The lowest BCUT2D eigenvalue weighted by Crippen LogP contribution is -2.31. The number of aryl methyl sites for hydroxylation is 1. The third kappa shape index (κ3) is 3.95. The predicted molar refractivity (Wildman–Crippen MR) is 107 cm³/mol. The van der Waals surface area contributed by atoms with E-state index in [-0.39, 0.29) is 0 Å². The lowest BCUT2D eigenvalue weighted by atomic mass is 10.0. The van der Waals surface area contributed by atoms with E-state index in [1.807, 2.05) is 12.1 Å². The molecule has 0 spiro atoms. The Morgan fingerprint density at radius 3 is 2.66 bits per heavy atom. The van der Waals surface area contributed by atoms with Crippen LogP contribution < -0.4 is 0 Å². The fourth-order valence-corrected chi connectivity index (χ4v) is 3.33. The topological polar surface area (TPSA) is 77.0 Å². The Kier molecular flexibility index (Phi) is 5.22. The summed E-state index contributed by atoms with van der Waals surface area (Å²) in [7, 11) is 1.73. The molecule has 1 amide bonds. The summed E-state index contributed by atoms with van der Waals surface area (Å²) in [5.74, 6) is -0.390. The molecule has 3 aromatic rings. The summed E-state index contributed by atoms with van der Waals surface area (Å²) < 4.78 is 12.3. The van der Waals surface area contributed by atoms with Crippen molar-refractivity contribution >= 4 is 29.2 Å². The summed E-state index contributed by atoms with van der Waals surface area (Å²) in [5, 5.41) is 6.43. The lowest BCUT2D eigenvalue weighted by Gasteiger charge is -2.19. The minimum absolute atomic E-state index is 0.368. The van der Waals surface area contributed by atoms with Crippen molar-refractivity contribution in [3.63, 3.8) is 0 Å². The molecule has 4 rings (SSSR count). The highest BCUT2D eigenvalue weighted by molar-refractivity contribution is 6.30. The quantitative estimate of drug-likeness (QED) is 0.598. The van der Waals surface area contributed by atoms with E-state index in [1.54, 1.807) is 60.5 Å². The number of ether oxygens (including phenoxy) is 1. The maximum atomic E-state index is 12.8. The first-order chi connectivity index (χ1) is 14.0. The van der Waals surface area contributed by atoms with Crippen LogP contribution in [0.25, 0.3) is 0 Å². The average molecular weight is 412 g/mol. The van der Waals surface area contributed by atoms with E-state index in [1.165, 1.54) is 5.01 Å². The Hall–Kier alpha value is -3.32. The standard InChI is InChI=1S/C21H18ClN3O4/c1-24-10-2-4-17(24)21(27)29-13-20(26)25-18(19-5-3-11-28-19)12-16(23-25)14-6-8-15(22)9-7-14/h2-11,18H,12-13H2,1H3/t18-/m0/s1. The molecule has 0 saturated carbocycles. The van der Waals surface area contributed by atoms with Crippen LogP contribution in [0.4, 0.5) is 0 Å². The first-order valence-corrected chi connectivity index (χ1v) is 9.38. The molecular formula is C21H18ClN3O4. The molecule has 2 aromatic heterocycles. The number of benzene rings is 1. The Labute approximate surface area is 172 Å². The van der Waals surface area contributed by atoms with Crippen LogP contribution in [0.2, 0.25) is 5.02 Å². The highest BCUT2D eigenvalue weighted by Gasteiger charge is 2.35. The van der Waals surface area contributed by atoms with E-state index in [0.29, 0.717) is 22.9 Å². The maximum Gasteiger partial charge on any atom is 0.355 e. The number of hydrogen-bond acceptors (Lipinski definition) is 5. The SMILES string of the molecule is Cn1cccc1C(=O)OCC(=O)N1N=C(c2ccc(Cl)cc2)C[C@H]1c1ccco1. The molecule has 1 aliphatic heterocycles. The smallest absolute Gasteiger partial charge is 0.355 e. The van der Waals surface area contributed by atoms with Gasteiger partial charge in [-0.25, -0.2) is 9.80 Å². The number of furan rings is 1. The number of halogens is 1. The number of esters is 1. The van der Waals surface area contributed by atoms with Gasteiger partial charge >= 0.3 is 5.97 Å². The molecule has 0 unspecified atom stereocenters. The normalized spacial score (nSPS) is 16.0. The summed E-state index contributed by atoms with van der Waals surface area (Å²) in [6.07, 6.45) is 3.76. The number of amides is 1. The van der Waals surface area contributed by atoms with E-state index in [0.717, 1.165) is 11.3 Å². The summed E-state index contributed by atoms with van der Waals surface area (Å²) in [4.78, 5) is 25.0. The molecule has 29 heavy (non-hydrogen) atoms. The van der Waals surface area contributed by atoms with Gasteiger partial charge in [0.05, 0.1) is 12.0 Å². The minimum Gasteiger partial charge on any atom is -0.467 e. The van der Waals surface area contributed by atoms with E-state index in [2.05, 4.69) is 5.10 Å². The van der Waals surface area contributed by atoms with Crippen LogP contribution in [0.15, 0.2) is 70.5 Å². The van der Waals surface area contributed by atoms with Gasteiger partial charge in [0.2, 0.25) is 0 Å². The molecule has 7 nitrogen and oxygen atoms in total. The van der Waals surface area contributed by atoms with Gasteiger partial charge in [0, 0.05) is 24.7 Å². The molecule has 0 N–H and O–H groups in total. The molecule has 1 atom stereocenters. The summed E-state index contributed by atoms with van der Waals surface area (Å²) in [5.41, 5.74) is 1.96. The third-order valence-corrected chi connectivity index (χ3v) is 4.95. The number of carbonyl (C=O) groups excluding carboxylic acids is 2. The second-order valence-corrected chi connectivity index (χ2v) is 7.04. The predicted octanol–water partition coefficient (Wildman–Crippen LogP) is 3.81. The molecule has 0 bridgehead atoms. The molecule has 0 radical (unpaired) electrons. The largest absolute Gasteiger partial charge is 0.467 e. The zero-order chi connectivity index (χ0) is 20.4. The van der Waals surface area contributed by atoms with E-state index < -0.39 is 24.5 Å². The molecule has 148 valence electrons. The highest BCUT2D eigenvalue weighted by Crippen LogP contribution is 2.33. The van der Waals surface area contributed by atoms with Crippen molar-refractivity contribution in [3.8, 4) is 0 Å². The fourth-order valence-electron chi connectivity index (χ4n) is 3.20. The van der Waals surface area contributed by atoms with Crippen LogP contribution in [-0.4, -0.2) is 33.8 Å². The van der Waals surface area contributed by atoms with Gasteiger partial charge < -0.3 is 13.7 Å². The number of hydrazone groups is 1. The Morgan fingerprint density at radius 1 is 1.21 bits per heavy atom. The van der Waals surface area contributed by atoms with Crippen LogP contribution in [-0.2, 0) is 16.6 Å². The first kappa shape index (κ1) is 19.0. The second kappa shape index (κ2) is 7.97. The Bertz CT molecular complexity index is 1050. The van der Waals surface area contributed by atoms with Crippen molar-refractivity contribution in [3.05, 3.63) is 83.0 Å². The van der Waals surface area contributed by atoms with Crippen LogP contribution in [0.1, 0.15) is 34.3 Å². The molecule has 1 aromatic carbocycles. The molecule has 0 fully saturated rings. The van der Waals surface area contributed by atoms with Crippen LogP contribution in [0.3, 0.4) is 0 Å². The van der Waals surface area contributed by atoms with Crippen molar-refractivity contribution in [2.75, 3.05) is 6.61 Å².